The van der Waals surface area contributed by atoms with E-state index in [1.165, 1.54) is 40.3 Å². The predicted octanol–water partition coefficient (Wildman–Crippen LogP) is 4.98. The van der Waals surface area contributed by atoms with Gasteiger partial charge in [-0.3, -0.25) is 13.9 Å². The number of thiazole rings is 1. The lowest BCUT2D eigenvalue weighted by molar-refractivity contribution is 0.0942. The highest BCUT2D eigenvalue weighted by atomic mass is 32.1. The van der Waals surface area contributed by atoms with E-state index in [9.17, 15) is 13.6 Å². The molecule has 166 valence electrons. The summed E-state index contributed by atoms with van der Waals surface area (Å²) in [5.41, 5.74) is 4.33. The smallest absolute Gasteiger partial charge is 0.269 e. The molecule has 0 saturated carbocycles. The average Bonchev–Trinajstić information content (AvgIpc) is 3.47. The van der Waals surface area contributed by atoms with Gasteiger partial charge in [0.05, 0.1) is 17.9 Å². The highest BCUT2D eigenvalue weighted by Gasteiger charge is 2.17. The number of nitrogens with one attached hydrogen (secondary N) is 1. The molecule has 3 aromatic heterocycles. The highest BCUT2D eigenvalue weighted by Crippen LogP contribution is 2.27. The SMILES string of the molecule is Cc1c(CNC(=O)c2cc(-c3ccc(F)cc3)nn2C)sc2nc(-c3ccc(F)cc3)cn12. The molecule has 5 rings (SSSR count). The molecule has 0 spiro atoms. The molecule has 0 aliphatic heterocycles. The van der Waals surface area contributed by atoms with Crippen molar-refractivity contribution in [3.05, 3.63) is 88.7 Å². The predicted molar refractivity (Wildman–Crippen MR) is 123 cm³/mol. The standard InChI is InChI=1S/C24H19F2N5OS/c1-14-22(33-24-28-20(13-31(14)24)16-5-9-18(26)10-6-16)12-27-23(32)21-11-19(29-30(21)2)15-3-7-17(25)8-4-15/h3-11,13H,12H2,1-2H3,(H,27,32). The van der Waals surface area contributed by atoms with E-state index in [-0.39, 0.29) is 17.5 Å². The Hall–Kier alpha value is -3.85. The fourth-order valence-corrected chi connectivity index (χ4v) is 4.65. The number of hydrogen-bond acceptors (Lipinski definition) is 4. The second kappa shape index (κ2) is 8.25. The van der Waals surface area contributed by atoms with Crippen molar-refractivity contribution in [3.8, 4) is 22.5 Å². The minimum Gasteiger partial charge on any atom is -0.346 e. The lowest BCUT2D eigenvalue weighted by atomic mass is 10.1. The van der Waals surface area contributed by atoms with Crippen LogP contribution in [0.15, 0.2) is 60.8 Å². The number of carbonyl (C=O) groups is 1. The molecule has 0 fully saturated rings. The van der Waals surface area contributed by atoms with Gasteiger partial charge in [0.2, 0.25) is 0 Å². The number of nitrogens with zero attached hydrogens (tertiary/aromatic N) is 4. The number of imidazole rings is 1. The summed E-state index contributed by atoms with van der Waals surface area (Å²) in [7, 11) is 1.70. The minimum absolute atomic E-state index is 0.254. The summed E-state index contributed by atoms with van der Waals surface area (Å²) in [4.78, 5) is 19.2. The van der Waals surface area contributed by atoms with Crippen LogP contribution < -0.4 is 5.32 Å². The summed E-state index contributed by atoms with van der Waals surface area (Å²) in [5, 5.41) is 7.31. The summed E-state index contributed by atoms with van der Waals surface area (Å²) in [6.45, 7) is 2.32. The first-order valence-corrected chi connectivity index (χ1v) is 11.0. The summed E-state index contributed by atoms with van der Waals surface area (Å²) in [6.07, 6.45) is 1.91. The monoisotopic (exact) mass is 463 g/mol. The van der Waals surface area contributed by atoms with Crippen molar-refractivity contribution in [1.29, 1.82) is 0 Å². The molecule has 1 amide bonds. The number of benzene rings is 2. The Balaban J connectivity index is 1.32. The van der Waals surface area contributed by atoms with Crippen LogP contribution in [0.25, 0.3) is 27.5 Å². The van der Waals surface area contributed by atoms with E-state index in [1.54, 1.807) is 37.4 Å². The van der Waals surface area contributed by atoms with Gasteiger partial charge in [-0.25, -0.2) is 13.8 Å². The van der Waals surface area contributed by atoms with E-state index in [2.05, 4.69) is 15.4 Å². The second-order valence-electron chi connectivity index (χ2n) is 7.62. The van der Waals surface area contributed by atoms with Crippen LogP contribution in [0, 0.1) is 18.6 Å². The number of carbonyl (C=O) groups excluding carboxylic acids is 1. The third-order valence-electron chi connectivity index (χ3n) is 5.45. The van der Waals surface area contributed by atoms with Crippen molar-refractivity contribution < 1.29 is 13.6 Å². The van der Waals surface area contributed by atoms with Gasteiger partial charge in [-0.2, -0.15) is 5.10 Å². The molecule has 33 heavy (non-hydrogen) atoms. The molecule has 0 bridgehead atoms. The van der Waals surface area contributed by atoms with Crippen molar-refractivity contribution in [2.24, 2.45) is 7.05 Å². The molecule has 6 nitrogen and oxygen atoms in total. The zero-order valence-corrected chi connectivity index (χ0v) is 18.7. The van der Waals surface area contributed by atoms with Gasteiger partial charge in [0.25, 0.3) is 5.91 Å². The van der Waals surface area contributed by atoms with Crippen LogP contribution >= 0.6 is 11.3 Å². The maximum atomic E-state index is 13.2. The molecule has 0 aliphatic carbocycles. The van der Waals surface area contributed by atoms with Crippen LogP contribution in [0.1, 0.15) is 21.1 Å². The Morgan fingerprint density at radius 1 is 1.00 bits per heavy atom. The fraction of sp³-hybridized carbons (Fsp3) is 0.125. The van der Waals surface area contributed by atoms with Crippen molar-refractivity contribution in [2.75, 3.05) is 0 Å². The van der Waals surface area contributed by atoms with Gasteiger partial charge in [0.15, 0.2) is 4.96 Å². The van der Waals surface area contributed by atoms with Gasteiger partial charge in [-0.1, -0.05) is 11.3 Å². The van der Waals surface area contributed by atoms with Crippen LogP contribution in [-0.2, 0) is 13.6 Å². The van der Waals surface area contributed by atoms with E-state index in [4.69, 9.17) is 0 Å². The van der Waals surface area contributed by atoms with Gasteiger partial charge >= 0.3 is 0 Å². The van der Waals surface area contributed by atoms with Crippen molar-refractivity contribution in [2.45, 2.75) is 13.5 Å². The topological polar surface area (TPSA) is 64.2 Å². The van der Waals surface area contributed by atoms with Crippen LogP contribution in [0.5, 0.6) is 0 Å². The first-order chi connectivity index (χ1) is 15.9. The quantitative estimate of drug-likeness (QED) is 0.400. The van der Waals surface area contributed by atoms with Gasteiger partial charge in [0, 0.05) is 34.9 Å². The maximum absolute atomic E-state index is 13.2. The summed E-state index contributed by atoms with van der Waals surface area (Å²) < 4.78 is 29.8. The Kier molecular flexibility index (Phi) is 5.26. The number of aromatic nitrogens is 4. The fourth-order valence-electron chi connectivity index (χ4n) is 3.61. The lowest BCUT2D eigenvalue weighted by Gasteiger charge is -2.04. The number of halogens is 2. The molecule has 0 aliphatic rings. The Morgan fingerprint density at radius 2 is 1.61 bits per heavy atom. The van der Waals surface area contributed by atoms with Gasteiger partial charge in [-0.05, 0) is 61.5 Å². The average molecular weight is 464 g/mol. The zero-order valence-electron chi connectivity index (χ0n) is 17.8. The van der Waals surface area contributed by atoms with Crippen molar-refractivity contribution in [3.63, 3.8) is 0 Å². The molecular weight excluding hydrogens is 444 g/mol. The normalized spacial score (nSPS) is 11.3. The van der Waals surface area contributed by atoms with Gasteiger partial charge in [0.1, 0.15) is 17.3 Å². The van der Waals surface area contributed by atoms with Gasteiger partial charge < -0.3 is 5.32 Å². The van der Waals surface area contributed by atoms with E-state index >= 15 is 0 Å². The van der Waals surface area contributed by atoms with E-state index in [0.29, 0.717) is 17.9 Å². The molecule has 1 N–H and O–H groups in total. The highest BCUT2D eigenvalue weighted by molar-refractivity contribution is 7.17. The summed E-state index contributed by atoms with van der Waals surface area (Å²) >= 11 is 1.49. The molecule has 0 unspecified atom stereocenters. The van der Waals surface area contributed by atoms with Crippen LogP contribution in [0.2, 0.25) is 0 Å². The van der Waals surface area contributed by atoms with E-state index in [0.717, 1.165) is 32.4 Å². The molecule has 2 aromatic carbocycles. The van der Waals surface area contributed by atoms with E-state index < -0.39 is 0 Å². The number of fused-ring (bicyclic) bond motifs is 1. The Morgan fingerprint density at radius 3 is 2.21 bits per heavy atom. The first kappa shape index (κ1) is 21.0. The molecule has 0 saturated heterocycles. The van der Waals surface area contributed by atoms with Crippen molar-refractivity contribution in [1.82, 2.24) is 24.5 Å². The lowest BCUT2D eigenvalue weighted by Crippen LogP contribution is -2.25. The molecule has 0 radical (unpaired) electrons. The first-order valence-electron chi connectivity index (χ1n) is 10.2. The molecule has 9 heteroatoms. The third-order valence-corrected chi connectivity index (χ3v) is 6.61. The van der Waals surface area contributed by atoms with Crippen molar-refractivity contribution >= 4 is 22.2 Å². The van der Waals surface area contributed by atoms with Gasteiger partial charge in [-0.15, -0.1) is 0 Å². The molecule has 0 atom stereocenters. The van der Waals surface area contributed by atoms with Crippen LogP contribution in [0.3, 0.4) is 0 Å². The largest absolute Gasteiger partial charge is 0.346 e. The number of rotatable bonds is 5. The molecule has 5 aromatic rings. The van der Waals surface area contributed by atoms with E-state index in [1.807, 2.05) is 17.5 Å². The van der Waals surface area contributed by atoms with Crippen LogP contribution in [0.4, 0.5) is 8.78 Å². The third kappa shape index (κ3) is 4.03. The Bertz CT molecular complexity index is 1470. The Labute approximate surface area is 192 Å². The summed E-state index contributed by atoms with van der Waals surface area (Å²) in [6, 6.07) is 13.9. The summed E-state index contributed by atoms with van der Waals surface area (Å²) in [5.74, 6) is -0.863. The molecule has 3 heterocycles. The number of aryl methyl sites for hydroxylation is 2. The number of hydrogen-bond donors (Lipinski definition) is 1. The number of amides is 1. The minimum atomic E-state index is -0.324. The maximum Gasteiger partial charge on any atom is 0.269 e. The van der Waals surface area contributed by atoms with Crippen LogP contribution in [-0.4, -0.2) is 25.1 Å². The second-order valence-corrected chi connectivity index (χ2v) is 8.69. The zero-order chi connectivity index (χ0) is 23.1. The molecular formula is C24H19F2N5OS.